The van der Waals surface area contributed by atoms with Crippen LogP contribution >= 0.6 is 0 Å². The second-order valence-corrected chi connectivity index (χ2v) is 9.71. The second-order valence-electron chi connectivity index (χ2n) is 9.71. The van der Waals surface area contributed by atoms with Crippen molar-refractivity contribution in [3.8, 4) is 34.3 Å². The van der Waals surface area contributed by atoms with E-state index in [4.69, 9.17) is 23.4 Å². The Hall–Kier alpha value is -3.51. The van der Waals surface area contributed by atoms with Crippen LogP contribution in [0.2, 0.25) is 0 Å². The van der Waals surface area contributed by atoms with E-state index in [0.717, 1.165) is 12.1 Å². The van der Waals surface area contributed by atoms with Crippen molar-refractivity contribution in [2.24, 2.45) is 0 Å². The van der Waals surface area contributed by atoms with Gasteiger partial charge in [-0.3, -0.25) is 4.79 Å². The first kappa shape index (κ1) is 29.0. The maximum atomic E-state index is 12.7. The van der Waals surface area contributed by atoms with Crippen LogP contribution in [-0.2, 0) is 14.2 Å². The smallest absolute Gasteiger partial charge is 0.229 e. The van der Waals surface area contributed by atoms with E-state index >= 15 is 0 Å². The fourth-order valence-electron chi connectivity index (χ4n) is 4.53. The van der Waals surface area contributed by atoms with Crippen molar-refractivity contribution < 1.29 is 69.3 Å². The highest BCUT2D eigenvalue weighted by Crippen LogP contribution is 2.35. The van der Waals surface area contributed by atoms with Crippen LogP contribution in [0.15, 0.2) is 45.6 Å². The summed E-state index contributed by atoms with van der Waals surface area (Å²) < 4.78 is 27.4. The first-order valence-corrected chi connectivity index (χ1v) is 12.4. The standard InChI is InChI=1S/C26H28O15/c27-11-2-1-9(3-12(11)28)16-6-14(30)19-13(29)4-10(5-17(19)40-16)39-26-24(36)22(34)21(33)18(41-26)8-38-25-23(35)20(32)15(31)7-37-25/h1-6,15,18,20-29,31-36H,7-8H2/t15-,18+,20-,21+,22-,23+,24+,25+,26+/m0/s1. The fourth-order valence-corrected chi connectivity index (χ4v) is 4.53. The minimum atomic E-state index is -1.79. The Morgan fingerprint density at radius 1 is 0.780 bits per heavy atom. The highest BCUT2D eigenvalue weighted by Gasteiger charge is 2.46. The monoisotopic (exact) mass is 580 g/mol. The summed E-state index contributed by atoms with van der Waals surface area (Å²) in [6.07, 6.45) is -14.1. The molecule has 15 heteroatoms. The summed E-state index contributed by atoms with van der Waals surface area (Å²) in [6, 6.07) is 7.08. The zero-order chi connectivity index (χ0) is 29.6. The predicted octanol–water partition coefficient (Wildman–Crippen LogP) is -1.78. The van der Waals surface area contributed by atoms with Crippen molar-refractivity contribution >= 4 is 11.0 Å². The number of hydrogen-bond acceptors (Lipinski definition) is 15. The molecule has 0 amide bonds. The van der Waals surface area contributed by atoms with Gasteiger partial charge in [0.05, 0.1) is 13.2 Å². The van der Waals surface area contributed by atoms with Gasteiger partial charge in [-0.2, -0.15) is 0 Å². The van der Waals surface area contributed by atoms with Gasteiger partial charge in [0.2, 0.25) is 6.29 Å². The van der Waals surface area contributed by atoms with E-state index in [0.29, 0.717) is 0 Å². The number of rotatable bonds is 6. The lowest BCUT2D eigenvalue weighted by atomic mass is 9.99. The summed E-state index contributed by atoms with van der Waals surface area (Å²) in [5.74, 6) is -1.55. The number of fused-ring (bicyclic) bond motifs is 1. The first-order chi connectivity index (χ1) is 19.4. The fraction of sp³-hybridized carbons (Fsp3) is 0.423. The molecule has 9 N–H and O–H groups in total. The predicted molar refractivity (Wildman–Crippen MR) is 134 cm³/mol. The quantitative estimate of drug-likeness (QED) is 0.146. The van der Waals surface area contributed by atoms with Crippen LogP contribution in [0.4, 0.5) is 0 Å². The number of aliphatic hydroxyl groups is 6. The van der Waals surface area contributed by atoms with Crippen molar-refractivity contribution in [3.63, 3.8) is 0 Å². The summed E-state index contributed by atoms with van der Waals surface area (Å²) in [4.78, 5) is 12.7. The Labute approximate surface area is 230 Å². The molecular formula is C26H28O15. The summed E-state index contributed by atoms with van der Waals surface area (Å²) in [5, 5.41) is 90.3. The zero-order valence-electron chi connectivity index (χ0n) is 21.0. The molecular weight excluding hydrogens is 552 g/mol. The minimum absolute atomic E-state index is 0.0104. The number of hydrogen-bond donors (Lipinski definition) is 9. The highest BCUT2D eigenvalue weighted by molar-refractivity contribution is 5.86. The van der Waals surface area contributed by atoms with Crippen LogP contribution < -0.4 is 10.2 Å². The van der Waals surface area contributed by atoms with Gasteiger partial charge in [0.25, 0.3) is 0 Å². The number of aliphatic hydroxyl groups excluding tert-OH is 6. The molecule has 2 fully saturated rings. The highest BCUT2D eigenvalue weighted by atomic mass is 16.7. The molecule has 0 unspecified atom stereocenters. The lowest BCUT2D eigenvalue weighted by Gasteiger charge is -2.41. The Bertz CT molecular complexity index is 1460. The van der Waals surface area contributed by atoms with Crippen molar-refractivity contribution in [1.29, 1.82) is 0 Å². The summed E-state index contributed by atoms with van der Waals surface area (Å²) in [5.41, 5.74) is -0.539. The van der Waals surface area contributed by atoms with E-state index < -0.39 is 78.8 Å². The van der Waals surface area contributed by atoms with Gasteiger partial charge in [-0.1, -0.05) is 0 Å². The van der Waals surface area contributed by atoms with Gasteiger partial charge >= 0.3 is 0 Å². The number of benzene rings is 2. The molecule has 2 aliphatic rings. The normalized spacial score (nSPS) is 32.2. The molecule has 2 saturated heterocycles. The van der Waals surface area contributed by atoms with Gasteiger partial charge in [0.15, 0.2) is 23.2 Å². The van der Waals surface area contributed by atoms with E-state index in [1.807, 2.05) is 0 Å². The van der Waals surface area contributed by atoms with Gasteiger partial charge in [-0.25, -0.2) is 0 Å². The van der Waals surface area contributed by atoms with Crippen LogP contribution in [0.1, 0.15) is 0 Å². The molecule has 0 spiro atoms. The molecule has 9 atom stereocenters. The zero-order valence-corrected chi connectivity index (χ0v) is 21.0. The third kappa shape index (κ3) is 5.67. The second kappa shape index (κ2) is 11.4. The first-order valence-electron chi connectivity index (χ1n) is 12.4. The summed E-state index contributed by atoms with van der Waals surface area (Å²) in [7, 11) is 0. The molecule has 2 aromatic carbocycles. The summed E-state index contributed by atoms with van der Waals surface area (Å²) in [6.45, 7) is -0.836. The van der Waals surface area contributed by atoms with Crippen molar-refractivity contribution in [3.05, 3.63) is 46.6 Å². The molecule has 0 aliphatic carbocycles. The lowest BCUT2D eigenvalue weighted by molar-refractivity contribution is -0.307. The molecule has 41 heavy (non-hydrogen) atoms. The lowest BCUT2D eigenvalue weighted by Crippen LogP contribution is -2.61. The average molecular weight is 580 g/mol. The Balaban J connectivity index is 1.36. The Morgan fingerprint density at radius 3 is 2.24 bits per heavy atom. The molecule has 222 valence electrons. The minimum Gasteiger partial charge on any atom is -0.507 e. The van der Waals surface area contributed by atoms with E-state index in [1.54, 1.807) is 0 Å². The van der Waals surface area contributed by atoms with Gasteiger partial charge in [0.1, 0.15) is 71.0 Å². The number of ether oxygens (including phenoxy) is 4. The van der Waals surface area contributed by atoms with E-state index in [1.165, 1.54) is 24.3 Å². The van der Waals surface area contributed by atoms with Crippen molar-refractivity contribution in [1.82, 2.24) is 0 Å². The van der Waals surface area contributed by atoms with Gasteiger partial charge in [-0.15, -0.1) is 0 Å². The third-order valence-electron chi connectivity index (χ3n) is 6.84. The Morgan fingerprint density at radius 2 is 1.51 bits per heavy atom. The Kier molecular flexibility index (Phi) is 8.06. The SMILES string of the molecule is O=c1cc(-c2ccc(O)c(O)c2)oc2cc(O[C@@H]3O[C@H](CO[C@H]4OC[C@H](O)[C@H](O)[C@H]4O)[C@@H](O)[C@H](O)[C@H]3O)cc(O)c12. The largest absolute Gasteiger partial charge is 0.507 e. The maximum absolute atomic E-state index is 12.7. The summed E-state index contributed by atoms with van der Waals surface area (Å²) >= 11 is 0. The molecule has 3 heterocycles. The van der Waals surface area contributed by atoms with E-state index in [-0.39, 0.29) is 40.4 Å². The van der Waals surface area contributed by atoms with Gasteiger partial charge < -0.3 is 69.3 Å². The molecule has 1 aromatic heterocycles. The third-order valence-corrected chi connectivity index (χ3v) is 6.84. The van der Waals surface area contributed by atoms with Crippen LogP contribution in [0.3, 0.4) is 0 Å². The van der Waals surface area contributed by atoms with Crippen LogP contribution in [0.25, 0.3) is 22.3 Å². The topological polar surface area (TPSA) is 249 Å². The molecule has 0 radical (unpaired) electrons. The number of phenolic OH excluding ortho intramolecular Hbond substituents is 3. The molecule has 15 nitrogen and oxygen atoms in total. The maximum Gasteiger partial charge on any atom is 0.229 e. The molecule has 0 bridgehead atoms. The van der Waals surface area contributed by atoms with Crippen molar-refractivity contribution in [2.75, 3.05) is 13.2 Å². The number of phenols is 3. The van der Waals surface area contributed by atoms with E-state index in [2.05, 4.69) is 0 Å². The van der Waals surface area contributed by atoms with Crippen LogP contribution in [0.5, 0.6) is 23.0 Å². The molecule has 0 saturated carbocycles. The molecule has 2 aliphatic heterocycles. The van der Waals surface area contributed by atoms with Crippen molar-refractivity contribution in [2.45, 2.75) is 55.3 Å². The van der Waals surface area contributed by atoms with Gasteiger partial charge in [0, 0.05) is 23.8 Å². The van der Waals surface area contributed by atoms with E-state index in [9.17, 15) is 50.8 Å². The average Bonchev–Trinajstić information content (AvgIpc) is 2.93. The van der Waals surface area contributed by atoms with Gasteiger partial charge in [-0.05, 0) is 18.2 Å². The molecule has 3 aromatic rings. The molecule has 5 rings (SSSR count). The van der Waals surface area contributed by atoms with Crippen LogP contribution in [-0.4, -0.2) is 114 Å². The number of aromatic hydroxyl groups is 3. The van der Waals surface area contributed by atoms with Crippen LogP contribution in [0, 0.1) is 0 Å².